The van der Waals surface area contributed by atoms with Gasteiger partial charge in [0.2, 0.25) is 5.95 Å². The molecule has 3 aliphatic heterocycles. The van der Waals surface area contributed by atoms with Crippen molar-refractivity contribution in [3.63, 3.8) is 0 Å². The van der Waals surface area contributed by atoms with Crippen molar-refractivity contribution in [1.82, 2.24) is 14.9 Å². The van der Waals surface area contributed by atoms with Crippen LogP contribution in [0.3, 0.4) is 0 Å². The number of nitrogens with one attached hydrogen (secondary N) is 1. The molecule has 2 aromatic rings. The highest BCUT2D eigenvalue weighted by molar-refractivity contribution is 5.89. The van der Waals surface area contributed by atoms with E-state index in [2.05, 4.69) is 22.0 Å². The summed E-state index contributed by atoms with van der Waals surface area (Å²) in [6.07, 6.45) is 3.09. The summed E-state index contributed by atoms with van der Waals surface area (Å²) in [6.45, 7) is 8.59. The van der Waals surface area contributed by atoms with Crippen LogP contribution in [-0.4, -0.2) is 66.8 Å². The molecule has 2 fully saturated rings. The van der Waals surface area contributed by atoms with Crippen LogP contribution in [0.2, 0.25) is 0 Å². The molecule has 1 N–H and O–H groups in total. The summed E-state index contributed by atoms with van der Waals surface area (Å²) >= 11 is 0. The summed E-state index contributed by atoms with van der Waals surface area (Å²) in [5, 5.41) is 3.02. The highest BCUT2D eigenvalue weighted by atomic mass is 16.5. The van der Waals surface area contributed by atoms with Gasteiger partial charge in [-0.1, -0.05) is 25.1 Å². The lowest BCUT2D eigenvalue weighted by Gasteiger charge is -2.37. The second kappa shape index (κ2) is 9.32. The fourth-order valence-electron chi connectivity index (χ4n) is 4.67. The first-order valence-electron chi connectivity index (χ1n) is 11.8. The number of aromatic nitrogens is 2. The Morgan fingerprint density at radius 3 is 2.50 bits per heavy atom. The number of carbonyl (C=O) groups is 1. The minimum Gasteiger partial charge on any atom is -0.378 e. The molecule has 0 unspecified atom stereocenters. The molecule has 5 rings (SSSR count). The third-order valence-electron chi connectivity index (χ3n) is 6.72. The van der Waals surface area contributed by atoms with Gasteiger partial charge in [-0.25, -0.2) is 9.78 Å². The van der Waals surface area contributed by atoms with Crippen molar-refractivity contribution >= 4 is 23.5 Å². The second-order valence-corrected chi connectivity index (χ2v) is 9.01. The van der Waals surface area contributed by atoms with E-state index in [1.54, 1.807) is 0 Å². The minimum atomic E-state index is -0.0719. The standard InChI is InChI=1S/C24H32N6O2/c1-18-7-10-28(11-8-18)22-20-17-30(24(31)25-19-5-3-2-4-6-19)12-9-21(20)26-23(27-22)29-13-15-32-16-14-29/h2-6,18H,7-17H2,1H3,(H,25,31). The van der Waals surface area contributed by atoms with Gasteiger partial charge in [-0.3, -0.25) is 0 Å². The molecule has 4 heterocycles. The quantitative estimate of drug-likeness (QED) is 0.797. The predicted octanol–water partition coefficient (Wildman–Crippen LogP) is 3.14. The Hall–Kier alpha value is -2.87. The average Bonchev–Trinajstić information content (AvgIpc) is 2.85. The van der Waals surface area contributed by atoms with E-state index in [0.29, 0.717) is 26.3 Å². The van der Waals surface area contributed by atoms with Crippen molar-refractivity contribution in [2.45, 2.75) is 32.7 Å². The van der Waals surface area contributed by atoms with Gasteiger partial charge < -0.3 is 24.8 Å². The average molecular weight is 437 g/mol. The van der Waals surface area contributed by atoms with Crippen molar-refractivity contribution in [2.75, 3.05) is 61.1 Å². The number of para-hydroxylation sites is 1. The maximum Gasteiger partial charge on any atom is 0.322 e. The number of anilines is 3. The summed E-state index contributed by atoms with van der Waals surface area (Å²) < 4.78 is 5.52. The molecule has 32 heavy (non-hydrogen) atoms. The number of hydrogen-bond donors (Lipinski definition) is 1. The molecule has 1 aromatic heterocycles. The summed E-state index contributed by atoms with van der Waals surface area (Å²) in [7, 11) is 0. The van der Waals surface area contributed by atoms with E-state index in [1.165, 1.54) is 12.8 Å². The number of hydrogen-bond acceptors (Lipinski definition) is 6. The number of fused-ring (bicyclic) bond motifs is 1. The first kappa shape index (κ1) is 21.0. The molecular formula is C24H32N6O2. The first-order valence-corrected chi connectivity index (χ1v) is 11.8. The molecule has 0 radical (unpaired) electrons. The van der Waals surface area contributed by atoms with Crippen LogP contribution in [0.15, 0.2) is 30.3 Å². The van der Waals surface area contributed by atoms with E-state index in [9.17, 15) is 4.79 Å². The normalized spacial score (nSPS) is 19.6. The predicted molar refractivity (Wildman–Crippen MR) is 125 cm³/mol. The lowest BCUT2D eigenvalue weighted by atomic mass is 9.98. The van der Waals surface area contributed by atoms with E-state index < -0.39 is 0 Å². The second-order valence-electron chi connectivity index (χ2n) is 9.01. The molecule has 170 valence electrons. The lowest BCUT2D eigenvalue weighted by Crippen LogP contribution is -2.43. The molecule has 0 spiro atoms. The molecule has 1 aromatic carbocycles. The maximum atomic E-state index is 13.0. The van der Waals surface area contributed by atoms with Gasteiger partial charge in [0.15, 0.2) is 0 Å². The molecular weight excluding hydrogens is 404 g/mol. The van der Waals surface area contributed by atoms with Crippen molar-refractivity contribution in [3.05, 3.63) is 41.6 Å². The van der Waals surface area contributed by atoms with Crippen molar-refractivity contribution in [3.8, 4) is 0 Å². The molecule has 8 nitrogen and oxygen atoms in total. The number of urea groups is 1. The van der Waals surface area contributed by atoms with Gasteiger partial charge in [-0.15, -0.1) is 0 Å². The fraction of sp³-hybridized carbons (Fsp3) is 0.542. The zero-order chi connectivity index (χ0) is 21.9. The molecule has 8 heteroatoms. The van der Waals surface area contributed by atoms with E-state index in [4.69, 9.17) is 14.7 Å². The molecule has 2 saturated heterocycles. The smallest absolute Gasteiger partial charge is 0.322 e. The molecule has 2 amide bonds. The third kappa shape index (κ3) is 4.50. The number of nitrogens with zero attached hydrogens (tertiary/aromatic N) is 5. The van der Waals surface area contributed by atoms with Gasteiger partial charge in [0.25, 0.3) is 0 Å². The van der Waals surface area contributed by atoms with E-state index >= 15 is 0 Å². The van der Waals surface area contributed by atoms with Gasteiger partial charge >= 0.3 is 6.03 Å². The van der Waals surface area contributed by atoms with Crippen LogP contribution in [0.5, 0.6) is 0 Å². The Morgan fingerprint density at radius 2 is 1.75 bits per heavy atom. The van der Waals surface area contributed by atoms with Gasteiger partial charge in [0.1, 0.15) is 5.82 Å². The highest BCUT2D eigenvalue weighted by Gasteiger charge is 2.30. The van der Waals surface area contributed by atoms with Gasteiger partial charge in [0, 0.05) is 50.4 Å². The molecule has 0 atom stereocenters. The summed E-state index contributed by atoms with van der Waals surface area (Å²) in [5.74, 6) is 2.57. The van der Waals surface area contributed by atoms with Gasteiger partial charge in [-0.05, 0) is 30.9 Å². The molecule has 3 aliphatic rings. The van der Waals surface area contributed by atoms with Gasteiger partial charge in [0.05, 0.1) is 25.5 Å². The Labute approximate surface area is 189 Å². The number of rotatable bonds is 3. The van der Waals surface area contributed by atoms with E-state index in [1.807, 2.05) is 35.2 Å². The molecule has 0 bridgehead atoms. The van der Waals surface area contributed by atoms with Gasteiger partial charge in [-0.2, -0.15) is 4.98 Å². The Kier molecular flexibility index (Phi) is 6.12. The lowest BCUT2D eigenvalue weighted by molar-refractivity contribution is 0.122. The Balaban J connectivity index is 1.42. The zero-order valence-electron chi connectivity index (χ0n) is 18.8. The number of morpholine rings is 1. The first-order chi connectivity index (χ1) is 15.7. The van der Waals surface area contributed by atoms with Crippen LogP contribution >= 0.6 is 0 Å². The number of carbonyl (C=O) groups excluding carboxylic acids is 1. The summed E-state index contributed by atoms with van der Waals surface area (Å²) in [6, 6.07) is 9.55. The number of benzene rings is 1. The minimum absolute atomic E-state index is 0.0719. The number of amides is 2. The molecule has 0 aliphatic carbocycles. The zero-order valence-corrected chi connectivity index (χ0v) is 18.8. The van der Waals surface area contributed by atoms with Crippen molar-refractivity contribution in [1.29, 1.82) is 0 Å². The highest BCUT2D eigenvalue weighted by Crippen LogP contribution is 2.32. The third-order valence-corrected chi connectivity index (χ3v) is 6.72. The van der Waals surface area contributed by atoms with Crippen LogP contribution in [0, 0.1) is 5.92 Å². The monoisotopic (exact) mass is 436 g/mol. The van der Waals surface area contributed by atoms with Crippen LogP contribution in [0.25, 0.3) is 0 Å². The fourth-order valence-corrected chi connectivity index (χ4v) is 4.67. The topological polar surface area (TPSA) is 73.8 Å². The van der Waals surface area contributed by atoms with Crippen molar-refractivity contribution in [2.24, 2.45) is 5.92 Å². The largest absolute Gasteiger partial charge is 0.378 e. The number of ether oxygens (including phenoxy) is 1. The van der Waals surface area contributed by atoms with Crippen LogP contribution in [0.1, 0.15) is 31.0 Å². The Morgan fingerprint density at radius 1 is 1.00 bits per heavy atom. The van der Waals surface area contributed by atoms with Crippen LogP contribution in [0.4, 0.5) is 22.2 Å². The SMILES string of the molecule is CC1CCN(c2nc(N3CCOCC3)nc3c2CN(C(=O)Nc2ccccc2)CC3)CC1. The summed E-state index contributed by atoms with van der Waals surface area (Å²) in [4.78, 5) is 29.5. The summed E-state index contributed by atoms with van der Waals surface area (Å²) in [5.41, 5.74) is 3.00. The van der Waals surface area contributed by atoms with Crippen LogP contribution in [-0.2, 0) is 17.7 Å². The van der Waals surface area contributed by atoms with E-state index in [-0.39, 0.29) is 6.03 Å². The number of piperidine rings is 1. The maximum absolute atomic E-state index is 13.0. The van der Waals surface area contributed by atoms with Crippen LogP contribution < -0.4 is 15.1 Å². The molecule has 0 saturated carbocycles. The van der Waals surface area contributed by atoms with Crippen molar-refractivity contribution < 1.29 is 9.53 Å². The Bertz CT molecular complexity index is 939. The van der Waals surface area contributed by atoms with E-state index in [0.717, 1.165) is 67.2 Å².